The lowest BCUT2D eigenvalue weighted by Crippen LogP contribution is -2.32. The van der Waals surface area contributed by atoms with E-state index in [1.54, 1.807) is 12.1 Å². The Labute approximate surface area is 108 Å². The molecule has 1 aromatic carbocycles. The van der Waals surface area contributed by atoms with Gasteiger partial charge in [0.05, 0.1) is 14.2 Å². The molecule has 0 heterocycles. The summed E-state index contributed by atoms with van der Waals surface area (Å²) in [6.07, 6.45) is 0.219. The highest BCUT2D eigenvalue weighted by molar-refractivity contribution is 9.10. The summed E-state index contributed by atoms with van der Waals surface area (Å²) in [5, 5.41) is 8.77. The Bertz CT molecular complexity index is 422. The topological polar surface area (TPSA) is 81.8 Å². The molecule has 1 atom stereocenters. The summed E-state index contributed by atoms with van der Waals surface area (Å²) in [5.41, 5.74) is 6.25. The molecule has 17 heavy (non-hydrogen) atoms. The highest BCUT2D eigenvalue weighted by Crippen LogP contribution is 2.33. The summed E-state index contributed by atoms with van der Waals surface area (Å²) in [7, 11) is 3.06. The maximum absolute atomic E-state index is 10.7. The first-order valence-corrected chi connectivity index (χ1v) is 5.67. The summed E-state index contributed by atoms with van der Waals surface area (Å²) < 4.78 is 11.0. The number of carbonyl (C=O) groups is 1. The van der Waals surface area contributed by atoms with E-state index in [9.17, 15) is 4.79 Å². The van der Waals surface area contributed by atoms with Crippen molar-refractivity contribution in [3.8, 4) is 11.5 Å². The Morgan fingerprint density at radius 2 is 1.94 bits per heavy atom. The molecule has 3 N–H and O–H groups in total. The van der Waals surface area contributed by atoms with Crippen molar-refractivity contribution in [3.05, 3.63) is 22.2 Å². The Balaban J connectivity index is 3.04. The smallest absolute Gasteiger partial charge is 0.320 e. The van der Waals surface area contributed by atoms with Gasteiger partial charge in [-0.05, 0) is 24.1 Å². The number of ether oxygens (including phenoxy) is 2. The molecule has 0 aromatic heterocycles. The number of carboxylic acid groups (broad SMARTS) is 1. The third-order valence-corrected chi connectivity index (χ3v) is 3.05. The van der Waals surface area contributed by atoms with Crippen LogP contribution in [0.15, 0.2) is 16.6 Å². The summed E-state index contributed by atoms with van der Waals surface area (Å²) >= 11 is 3.34. The molecule has 0 aliphatic rings. The van der Waals surface area contributed by atoms with Gasteiger partial charge in [-0.2, -0.15) is 0 Å². The lowest BCUT2D eigenvalue weighted by molar-refractivity contribution is -0.138. The molecule has 0 saturated heterocycles. The van der Waals surface area contributed by atoms with Crippen molar-refractivity contribution in [2.45, 2.75) is 12.5 Å². The predicted molar refractivity (Wildman–Crippen MR) is 66.6 cm³/mol. The van der Waals surface area contributed by atoms with E-state index >= 15 is 0 Å². The fraction of sp³-hybridized carbons (Fsp3) is 0.364. The number of hydrogen-bond donors (Lipinski definition) is 2. The van der Waals surface area contributed by atoms with Crippen LogP contribution in [-0.2, 0) is 11.2 Å². The quantitative estimate of drug-likeness (QED) is 0.860. The van der Waals surface area contributed by atoms with Gasteiger partial charge in [-0.25, -0.2) is 0 Å². The van der Waals surface area contributed by atoms with Crippen molar-refractivity contribution in [2.75, 3.05) is 14.2 Å². The van der Waals surface area contributed by atoms with Crippen LogP contribution in [0.5, 0.6) is 11.5 Å². The maximum atomic E-state index is 10.7. The zero-order valence-corrected chi connectivity index (χ0v) is 11.2. The molecule has 0 fully saturated rings. The van der Waals surface area contributed by atoms with Gasteiger partial charge in [-0.1, -0.05) is 15.9 Å². The molecular formula is C11H14BrNO4. The van der Waals surface area contributed by atoms with Crippen molar-refractivity contribution in [2.24, 2.45) is 5.73 Å². The predicted octanol–water partition coefficient (Wildman–Crippen LogP) is 1.42. The summed E-state index contributed by atoms with van der Waals surface area (Å²) in [5.74, 6) is 0.0852. The van der Waals surface area contributed by atoms with Gasteiger partial charge in [0.1, 0.15) is 6.04 Å². The number of aliphatic carboxylic acids is 1. The van der Waals surface area contributed by atoms with Crippen LogP contribution in [-0.4, -0.2) is 31.3 Å². The number of rotatable bonds is 5. The van der Waals surface area contributed by atoms with Gasteiger partial charge >= 0.3 is 5.97 Å². The average Bonchev–Trinajstić information content (AvgIpc) is 2.30. The van der Waals surface area contributed by atoms with Gasteiger partial charge in [0.15, 0.2) is 11.5 Å². The van der Waals surface area contributed by atoms with Gasteiger partial charge in [0.2, 0.25) is 0 Å². The molecule has 0 saturated carbocycles. The van der Waals surface area contributed by atoms with Gasteiger partial charge in [-0.15, -0.1) is 0 Å². The minimum atomic E-state index is -1.04. The number of methoxy groups -OCH3 is 2. The zero-order chi connectivity index (χ0) is 13.0. The van der Waals surface area contributed by atoms with E-state index in [4.69, 9.17) is 20.3 Å². The number of nitrogens with two attached hydrogens (primary N) is 1. The van der Waals surface area contributed by atoms with Crippen molar-refractivity contribution < 1.29 is 19.4 Å². The second-order valence-electron chi connectivity index (χ2n) is 3.45. The summed E-state index contributed by atoms with van der Waals surface area (Å²) in [6, 6.07) is 2.50. The van der Waals surface area contributed by atoms with Crippen LogP contribution in [0.1, 0.15) is 5.56 Å². The van der Waals surface area contributed by atoms with E-state index in [0.717, 1.165) is 10.0 Å². The Hall–Kier alpha value is -1.27. The molecule has 6 heteroatoms. The van der Waals surface area contributed by atoms with Crippen molar-refractivity contribution in [1.82, 2.24) is 0 Å². The molecule has 0 spiro atoms. The lowest BCUT2D eigenvalue weighted by Gasteiger charge is -2.13. The molecule has 0 aliphatic carbocycles. The van der Waals surface area contributed by atoms with Crippen LogP contribution >= 0.6 is 15.9 Å². The SMILES string of the molecule is COc1cc(Br)c(CC(N)C(=O)O)cc1OC. The second-order valence-corrected chi connectivity index (χ2v) is 4.30. The highest BCUT2D eigenvalue weighted by Gasteiger charge is 2.16. The van der Waals surface area contributed by atoms with E-state index < -0.39 is 12.0 Å². The first kappa shape index (κ1) is 13.8. The van der Waals surface area contributed by atoms with Crippen LogP contribution in [0.3, 0.4) is 0 Å². The van der Waals surface area contributed by atoms with Crippen molar-refractivity contribution >= 4 is 21.9 Å². The Morgan fingerprint density at radius 3 is 2.41 bits per heavy atom. The molecular weight excluding hydrogens is 290 g/mol. The molecule has 0 bridgehead atoms. The zero-order valence-electron chi connectivity index (χ0n) is 9.57. The molecule has 5 nitrogen and oxygen atoms in total. The molecule has 94 valence electrons. The van der Waals surface area contributed by atoms with E-state index in [2.05, 4.69) is 15.9 Å². The fourth-order valence-corrected chi connectivity index (χ4v) is 1.86. The van der Waals surface area contributed by atoms with E-state index in [0.29, 0.717) is 11.5 Å². The van der Waals surface area contributed by atoms with E-state index in [-0.39, 0.29) is 6.42 Å². The normalized spacial score (nSPS) is 12.0. The second kappa shape index (κ2) is 5.88. The summed E-state index contributed by atoms with van der Waals surface area (Å²) in [4.78, 5) is 10.7. The minimum absolute atomic E-state index is 0.219. The van der Waals surface area contributed by atoms with Crippen LogP contribution in [0.4, 0.5) is 0 Å². The number of benzene rings is 1. The highest BCUT2D eigenvalue weighted by atomic mass is 79.9. The van der Waals surface area contributed by atoms with Gasteiger partial charge in [0, 0.05) is 4.47 Å². The molecule has 0 aliphatic heterocycles. The van der Waals surface area contributed by atoms with E-state index in [1.165, 1.54) is 14.2 Å². The molecule has 0 amide bonds. The summed E-state index contributed by atoms with van der Waals surface area (Å²) in [6.45, 7) is 0. The van der Waals surface area contributed by atoms with Crippen LogP contribution in [0.2, 0.25) is 0 Å². The maximum Gasteiger partial charge on any atom is 0.320 e. The third-order valence-electron chi connectivity index (χ3n) is 2.31. The standard InChI is InChI=1S/C11H14BrNO4/c1-16-9-4-6(3-8(13)11(14)15)7(12)5-10(9)17-2/h4-5,8H,3,13H2,1-2H3,(H,14,15). The van der Waals surface area contributed by atoms with Crippen LogP contribution in [0.25, 0.3) is 0 Å². The Kier molecular flexibility index (Phi) is 4.77. The minimum Gasteiger partial charge on any atom is -0.493 e. The molecule has 1 rings (SSSR count). The number of halogens is 1. The van der Waals surface area contributed by atoms with Gasteiger partial charge in [0.25, 0.3) is 0 Å². The van der Waals surface area contributed by atoms with Crippen LogP contribution in [0, 0.1) is 0 Å². The van der Waals surface area contributed by atoms with E-state index in [1.807, 2.05) is 0 Å². The molecule has 0 radical (unpaired) electrons. The number of hydrogen-bond acceptors (Lipinski definition) is 4. The lowest BCUT2D eigenvalue weighted by atomic mass is 10.1. The average molecular weight is 304 g/mol. The Morgan fingerprint density at radius 1 is 1.41 bits per heavy atom. The van der Waals surface area contributed by atoms with Crippen molar-refractivity contribution in [1.29, 1.82) is 0 Å². The van der Waals surface area contributed by atoms with Gasteiger partial charge < -0.3 is 20.3 Å². The largest absolute Gasteiger partial charge is 0.493 e. The van der Waals surface area contributed by atoms with Crippen molar-refractivity contribution in [3.63, 3.8) is 0 Å². The molecule has 1 aromatic rings. The third kappa shape index (κ3) is 3.34. The first-order chi connectivity index (χ1) is 7.99. The van der Waals surface area contributed by atoms with Crippen LogP contribution < -0.4 is 15.2 Å². The van der Waals surface area contributed by atoms with Gasteiger partial charge in [-0.3, -0.25) is 4.79 Å². The fourth-order valence-electron chi connectivity index (χ4n) is 1.38. The number of carboxylic acids is 1. The first-order valence-electron chi connectivity index (χ1n) is 4.88. The molecule has 1 unspecified atom stereocenters. The monoisotopic (exact) mass is 303 g/mol.